The Kier molecular flexibility index (Phi) is 4.29. The van der Waals surface area contributed by atoms with Crippen molar-refractivity contribution in [3.63, 3.8) is 0 Å². The molecular formula is C16H26N2O. The summed E-state index contributed by atoms with van der Waals surface area (Å²) < 4.78 is 5.25. The van der Waals surface area contributed by atoms with Gasteiger partial charge in [0, 0.05) is 32.3 Å². The van der Waals surface area contributed by atoms with E-state index in [-0.39, 0.29) is 11.1 Å². The highest BCUT2D eigenvalue weighted by Gasteiger charge is 2.40. The van der Waals surface area contributed by atoms with E-state index in [9.17, 15) is 0 Å². The molecule has 2 rings (SSSR count). The van der Waals surface area contributed by atoms with Gasteiger partial charge in [0.15, 0.2) is 0 Å². The van der Waals surface area contributed by atoms with Crippen molar-refractivity contribution in [3.8, 4) is 0 Å². The Hall–Kier alpha value is -0.900. The molecular weight excluding hydrogens is 236 g/mol. The number of nitrogens with zero attached hydrogens (tertiary/aromatic N) is 1. The van der Waals surface area contributed by atoms with Crippen molar-refractivity contribution in [1.82, 2.24) is 10.2 Å². The van der Waals surface area contributed by atoms with Crippen LogP contribution in [0.5, 0.6) is 0 Å². The molecule has 0 radical (unpaired) electrons. The van der Waals surface area contributed by atoms with E-state index in [4.69, 9.17) is 4.74 Å². The van der Waals surface area contributed by atoms with E-state index in [0.29, 0.717) is 0 Å². The molecule has 1 fully saturated rings. The molecule has 1 atom stereocenters. The Morgan fingerprint density at radius 1 is 1.21 bits per heavy atom. The summed E-state index contributed by atoms with van der Waals surface area (Å²) in [6.07, 6.45) is 0. The predicted molar refractivity (Wildman–Crippen MR) is 79.3 cm³/mol. The van der Waals surface area contributed by atoms with Crippen LogP contribution in [0.2, 0.25) is 0 Å². The number of methoxy groups -OCH3 is 1. The first-order chi connectivity index (χ1) is 8.98. The zero-order valence-corrected chi connectivity index (χ0v) is 12.6. The average Bonchev–Trinajstić information content (AvgIpc) is 2.41. The molecule has 0 aromatic heterocycles. The summed E-state index contributed by atoms with van der Waals surface area (Å²) in [7, 11) is 1.77. The standard InChI is InChI=1S/C16H26N2O/c1-15(2)12-17-16(3,13-18(15)10-11-19-4)14-8-6-5-7-9-14/h5-9,17H,10-13H2,1-4H3. The summed E-state index contributed by atoms with van der Waals surface area (Å²) in [5, 5.41) is 3.73. The third kappa shape index (κ3) is 3.16. The normalized spacial score (nSPS) is 27.4. The lowest BCUT2D eigenvalue weighted by Crippen LogP contribution is -2.66. The molecule has 1 aliphatic rings. The lowest BCUT2D eigenvalue weighted by molar-refractivity contribution is 0.0127. The zero-order chi connectivity index (χ0) is 13.9. The molecule has 1 saturated heterocycles. The van der Waals surface area contributed by atoms with Crippen LogP contribution in [-0.4, -0.2) is 43.8 Å². The molecule has 0 spiro atoms. The first kappa shape index (κ1) is 14.5. The van der Waals surface area contributed by atoms with Gasteiger partial charge in [-0.15, -0.1) is 0 Å². The van der Waals surface area contributed by atoms with Crippen LogP contribution in [0.25, 0.3) is 0 Å². The molecule has 1 N–H and O–H groups in total. The minimum absolute atomic E-state index is 0.0184. The molecule has 1 aliphatic heterocycles. The van der Waals surface area contributed by atoms with Crippen LogP contribution < -0.4 is 5.32 Å². The summed E-state index contributed by atoms with van der Waals surface area (Å²) in [4.78, 5) is 2.53. The summed E-state index contributed by atoms with van der Waals surface area (Å²) in [6, 6.07) is 10.7. The lowest BCUT2D eigenvalue weighted by atomic mass is 9.85. The monoisotopic (exact) mass is 262 g/mol. The number of benzene rings is 1. The van der Waals surface area contributed by atoms with Gasteiger partial charge in [-0.3, -0.25) is 4.90 Å². The molecule has 1 heterocycles. The van der Waals surface area contributed by atoms with Crippen molar-refractivity contribution >= 4 is 0 Å². The molecule has 1 unspecified atom stereocenters. The smallest absolute Gasteiger partial charge is 0.0589 e. The first-order valence-electron chi connectivity index (χ1n) is 7.02. The minimum atomic E-state index is 0.0184. The fraction of sp³-hybridized carbons (Fsp3) is 0.625. The van der Waals surface area contributed by atoms with Crippen LogP contribution in [0, 0.1) is 0 Å². The van der Waals surface area contributed by atoms with Gasteiger partial charge in [0.1, 0.15) is 0 Å². The first-order valence-corrected chi connectivity index (χ1v) is 7.02. The Bertz CT molecular complexity index is 404. The molecule has 0 amide bonds. The highest BCUT2D eigenvalue weighted by atomic mass is 16.5. The highest BCUT2D eigenvalue weighted by Crippen LogP contribution is 2.30. The second-order valence-corrected chi connectivity index (χ2v) is 6.28. The van der Waals surface area contributed by atoms with Gasteiger partial charge in [0.05, 0.1) is 12.1 Å². The lowest BCUT2D eigenvalue weighted by Gasteiger charge is -2.51. The third-order valence-electron chi connectivity index (χ3n) is 4.25. The zero-order valence-electron chi connectivity index (χ0n) is 12.6. The Labute approximate surface area is 116 Å². The Morgan fingerprint density at radius 2 is 1.89 bits per heavy atom. The van der Waals surface area contributed by atoms with Crippen LogP contribution in [-0.2, 0) is 10.3 Å². The van der Waals surface area contributed by atoms with E-state index in [2.05, 4.69) is 61.3 Å². The molecule has 19 heavy (non-hydrogen) atoms. The van der Waals surface area contributed by atoms with Crippen molar-refractivity contribution in [1.29, 1.82) is 0 Å². The van der Waals surface area contributed by atoms with Gasteiger partial charge in [-0.1, -0.05) is 30.3 Å². The predicted octanol–water partition coefficient (Wildman–Crippen LogP) is 2.23. The molecule has 106 valence electrons. The fourth-order valence-electron chi connectivity index (χ4n) is 2.76. The maximum atomic E-state index is 5.25. The third-order valence-corrected chi connectivity index (χ3v) is 4.25. The van der Waals surface area contributed by atoms with Gasteiger partial charge in [-0.25, -0.2) is 0 Å². The number of rotatable bonds is 4. The minimum Gasteiger partial charge on any atom is -0.383 e. The quantitative estimate of drug-likeness (QED) is 0.900. The van der Waals surface area contributed by atoms with Gasteiger partial charge in [-0.05, 0) is 26.3 Å². The van der Waals surface area contributed by atoms with E-state index in [1.807, 2.05) is 0 Å². The number of nitrogens with one attached hydrogen (secondary N) is 1. The highest BCUT2D eigenvalue weighted by molar-refractivity contribution is 5.25. The average molecular weight is 262 g/mol. The van der Waals surface area contributed by atoms with Crippen molar-refractivity contribution < 1.29 is 4.74 Å². The Morgan fingerprint density at radius 3 is 2.53 bits per heavy atom. The summed E-state index contributed by atoms with van der Waals surface area (Å²) in [5.41, 5.74) is 1.55. The molecule has 3 nitrogen and oxygen atoms in total. The van der Waals surface area contributed by atoms with Crippen LogP contribution in [0.15, 0.2) is 30.3 Å². The van der Waals surface area contributed by atoms with E-state index in [1.165, 1.54) is 5.56 Å². The molecule has 0 saturated carbocycles. The molecule has 3 heteroatoms. The topological polar surface area (TPSA) is 24.5 Å². The maximum absolute atomic E-state index is 5.25. The van der Waals surface area contributed by atoms with Crippen LogP contribution in [0.3, 0.4) is 0 Å². The van der Waals surface area contributed by atoms with E-state index in [0.717, 1.165) is 26.2 Å². The van der Waals surface area contributed by atoms with Crippen molar-refractivity contribution in [2.75, 3.05) is 33.4 Å². The fourth-order valence-corrected chi connectivity index (χ4v) is 2.76. The SMILES string of the molecule is COCCN1CC(C)(c2ccccc2)NCC1(C)C. The van der Waals surface area contributed by atoms with Gasteiger partial charge in [0.25, 0.3) is 0 Å². The summed E-state index contributed by atoms with van der Waals surface area (Å²) >= 11 is 0. The van der Waals surface area contributed by atoms with Gasteiger partial charge >= 0.3 is 0 Å². The van der Waals surface area contributed by atoms with Crippen molar-refractivity contribution in [2.45, 2.75) is 31.8 Å². The summed E-state index contributed by atoms with van der Waals surface area (Å²) in [6.45, 7) is 10.6. The largest absolute Gasteiger partial charge is 0.383 e. The molecule has 1 aromatic rings. The van der Waals surface area contributed by atoms with Gasteiger partial charge < -0.3 is 10.1 Å². The van der Waals surface area contributed by atoms with E-state index >= 15 is 0 Å². The van der Waals surface area contributed by atoms with E-state index < -0.39 is 0 Å². The molecule has 0 bridgehead atoms. The van der Waals surface area contributed by atoms with Crippen molar-refractivity contribution in [3.05, 3.63) is 35.9 Å². The number of ether oxygens (including phenoxy) is 1. The van der Waals surface area contributed by atoms with E-state index in [1.54, 1.807) is 7.11 Å². The summed E-state index contributed by atoms with van der Waals surface area (Å²) in [5.74, 6) is 0. The van der Waals surface area contributed by atoms with Crippen LogP contribution >= 0.6 is 0 Å². The van der Waals surface area contributed by atoms with Crippen LogP contribution in [0.1, 0.15) is 26.3 Å². The molecule has 1 aromatic carbocycles. The van der Waals surface area contributed by atoms with Gasteiger partial charge in [0.2, 0.25) is 0 Å². The number of hydrogen-bond donors (Lipinski definition) is 1. The Balaban J connectivity index is 2.17. The second-order valence-electron chi connectivity index (χ2n) is 6.28. The molecule has 0 aliphatic carbocycles. The van der Waals surface area contributed by atoms with Crippen LogP contribution in [0.4, 0.5) is 0 Å². The van der Waals surface area contributed by atoms with Gasteiger partial charge in [-0.2, -0.15) is 0 Å². The van der Waals surface area contributed by atoms with Crippen molar-refractivity contribution in [2.24, 2.45) is 0 Å². The number of piperazine rings is 1. The maximum Gasteiger partial charge on any atom is 0.0589 e. The second kappa shape index (κ2) is 5.61. The number of hydrogen-bond acceptors (Lipinski definition) is 3.